The Morgan fingerprint density at radius 1 is 1.17 bits per heavy atom. The summed E-state index contributed by atoms with van der Waals surface area (Å²) in [7, 11) is 1.95. The molecule has 1 aliphatic heterocycles. The monoisotopic (exact) mass is 308 g/mol. The summed E-state index contributed by atoms with van der Waals surface area (Å²) in [5, 5.41) is 4.13. The third-order valence-electron chi connectivity index (χ3n) is 4.02. The Hall–Kier alpha value is -2.95. The van der Waals surface area contributed by atoms with Crippen molar-refractivity contribution in [1.82, 2.24) is 4.57 Å². The van der Waals surface area contributed by atoms with Gasteiger partial charge in [0.2, 0.25) is 6.79 Å². The van der Waals surface area contributed by atoms with Gasteiger partial charge < -0.3 is 19.4 Å². The Labute approximate surface area is 133 Å². The lowest BCUT2D eigenvalue weighted by atomic mass is 10.1. The van der Waals surface area contributed by atoms with Crippen molar-refractivity contribution in [1.29, 1.82) is 0 Å². The molecule has 0 amide bonds. The first-order valence-electron chi connectivity index (χ1n) is 7.43. The second kappa shape index (κ2) is 5.35. The fourth-order valence-electron chi connectivity index (χ4n) is 2.85. The third kappa shape index (κ3) is 2.40. The van der Waals surface area contributed by atoms with E-state index in [0.29, 0.717) is 5.75 Å². The molecule has 0 aliphatic carbocycles. The molecule has 0 saturated heterocycles. The van der Waals surface area contributed by atoms with Gasteiger partial charge >= 0.3 is 0 Å². The maximum absolute atomic E-state index is 12.5. The van der Waals surface area contributed by atoms with Gasteiger partial charge in [0, 0.05) is 41.5 Å². The van der Waals surface area contributed by atoms with Crippen molar-refractivity contribution in [3.8, 4) is 11.5 Å². The molecule has 0 bridgehead atoms. The molecule has 5 heteroatoms. The van der Waals surface area contributed by atoms with Gasteiger partial charge in [-0.2, -0.15) is 0 Å². The van der Waals surface area contributed by atoms with Crippen molar-refractivity contribution >= 4 is 22.4 Å². The number of carbonyl (C=O) groups is 1. The molecule has 4 rings (SSSR count). The summed E-state index contributed by atoms with van der Waals surface area (Å²) < 4.78 is 12.6. The van der Waals surface area contributed by atoms with Gasteiger partial charge in [-0.1, -0.05) is 18.2 Å². The minimum Gasteiger partial charge on any atom is -0.454 e. The van der Waals surface area contributed by atoms with Crippen molar-refractivity contribution in [2.45, 2.75) is 0 Å². The predicted octanol–water partition coefficient (Wildman–Crippen LogP) is 3.20. The van der Waals surface area contributed by atoms with Gasteiger partial charge in [-0.15, -0.1) is 0 Å². The minimum absolute atomic E-state index is 0.0551. The normalized spacial score (nSPS) is 12.6. The fourth-order valence-corrected chi connectivity index (χ4v) is 2.85. The Kier molecular flexibility index (Phi) is 3.19. The van der Waals surface area contributed by atoms with Crippen LogP contribution >= 0.6 is 0 Å². The molecule has 2 aromatic carbocycles. The topological polar surface area (TPSA) is 52.5 Å². The highest BCUT2D eigenvalue weighted by molar-refractivity contribution is 6.09. The Morgan fingerprint density at radius 3 is 2.91 bits per heavy atom. The molecule has 2 heterocycles. The van der Waals surface area contributed by atoms with E-state index in [1.54, 1.807) is 0 Å². The number of nitrogens with zero attached hydrogens (tertiary/aromatic N) is 1. The zero-order chi connectivity index (χ0) is 15.8. The molecule has 116 valence electrons. The number of Topliss-reactive ketones (excluding diaryl/α,β-unsaturated/α-hetero) is 1. The molecular weight excluding hydrogens is 292 g/mol. The van der Waals surface area contributed by atoms with Gasteiger partial charge in [-0.25, -0.2) is 0 Å². The first-order chi connectivity index (χ1) is 11.2. The van der Waals surface area contributed by atoms with E-state index >= 15 is 0 Å². The summed E-state index contributed by atoms with van der Waals surface area (Å²) in [5.74, 6) is 1.49. The van der Waals surface area contributed by atoms with Gasteiger partial charge in [0.25, 0.3) is 0 Å². The second-order valence-electron chi connectivity index (χ2n) is 5.52. The van der Waals surface area contributed by atoms with E-state index in [2.05, 4.69) is 5.32 Å². The summed E-state index contributed by atoms with van der Waals surface area (Å²) in [6.07, 6.45) is 1.88. The first kappa shape index (κ1) is 13.7. The number of hydrogen-bond acceptors (Lipinski definition) is 4. The molecule has 0 fully saturated rings. The van der Waals surface area contributed by atoms with E-state index in [1.807, 2.05) is 60.3 Å². The predicted molar refractivity (Wildman–Crippen MR) is 88.3 cm³/mol. The molecule has 1 N–H and O–H groups in total. The molecule has 5 nitrogen and oxygen atoms in total. The fraction of sp³-hybridized carbons (Fsp3) is 0.167. The van der Waals surface area contributed by atoms with Crippen LogP contribution in [-0.2, 0) is 7.05 Å². The smallest absolute Gasteiger partial charge is 0.231 e. The van der Waals surface area contributed by atoms with E-state index < -0.39 is 0 Å². The molecular formula is C18H16N2O3. The quantitative estimate of drug-likeness (QED) is 0.752. The van der Waals surface area contributed by atoms with Crippen LogP contribution < -0.4 is 14.8 Å². The van der Waals surface area contributed by atoms with Crippen LogP contribution in [-0.4, -0.2) is 23.7 Å². The van der Waals surface area contributed by atoms with Crippen molar-refractivity contribution in [2.75, 3.05) is 18.7 Å². The second-order valence-corrected chi connectivity index (χ2v) is 5.52. The van der Waals surface area contributed by atoms with Crippen LogP contribution in [0.3, 0.4) is 0 Å². The molecule has 0 atom stereocenters. The SMILES string of the molecule is Cn1cc(C(=O)CNc2ccc3c(c2)OCO3)c2ccccc21. The summed E-state index contributed by atoms with van der Waals surface area (Å²) in [4.78, 5) is 12.5. The first-order valence-corrected chi connectivity index (χ1v) is 7.43. The number of aromatic nitrogens is 1. The van der Waals surface area contributed by atoms with Crippen molar-refractivity contribution < 1.29 is 14.3 Å². The highest BCUT2D eigenvalue weighted by Gasteiger charge is 2.15. The molecule has 0 radical (unpaired) electrons. The minimum atomic E-state index is 0.0551. The number of para-hydroxylation sites is 1. The molecule has 1 aromatic heterocycles. The summed E-state index contributed by atoms with van der Waals surface area (Å²) in [6, 6.07) is 13.5. The number of aryl methyl sites for hydroxylation is 1. The van der Waals surface area contributed by atoms with Gasteiger partial charge in [0.05, 0.1) is 6.54 Å². The van der Waals surface area contributed by atoms with E-state index in [4.69, 9.17) is 9.47 Å². The standard InChI is InChI=1S/C18H16N2O3/c1-20-10-14(13-4-2-3-5-15(13)20)16(21)9-19-12-6-7-17-18(8-12)23-11-22-17/h2-8,10,19H,9,11H2,1H3. The average molecular weight is 308 g/mol. The van der Waals surface area contributed by atoms with Gasteiger partial charge in [0.15, 0.2) is 17.3 Å². The van der Waals surface area contributed by atoms with Crippen LogP contribution in [0.25, 0.3) is 10.9 Å². The maximum atomic E-state index is 12.5. The summed E-state index contributed by atoms with van der Waals surface area (Å²) in [6.45, 7) is 0.474. The summed E-state index contributed by atoms with van der Waals surface area (Å²) in [5.41, 5.74) is 2.62. The van der Waals surface area contributed by atoms with E-state index in [-0.39, 0.29) is 19.1 Å². The van der Waals surface area contributed by atoms with Gasteiger partial charge in [-0.3, -0.25) is 4.79 Å². The number of ketones is 1. The number of nitrogens with one attached hydrogen (secondary N) is 1. The molecule has 23 heavy (non-hydrogen) atoms. The zero-order valence-corrected chi connectivity index (χ0v) is 12.7. The average Bonchev–Trinajstić information content (AvgIpc) is 3.17. The number of benzene rings is 2. The highest BCUT2D eigenvalue weighted by atomic mass is 16.7. The maximum Gasteiger partial charge on any atom is 0.231 e. The molecule has 0 spiro atoms. The number of anilines is 1. The van der Waals surface area contributed by atoms with Crippen LogP contribution in [0.15, 0.2) is 48.7 Å². The van der Waals surface area contributed by atoms with Crippen LogP contribution in [0.5, 0.6) is 11.5 Å². The van der Waals surface area contributed by atoms with E-state index in [9.17, 15) is 4.79 Å². The zero-order valence-electron chi connectivity index (χ0n) is 12.7. The number of fused-ring (bicyclic) bond motifs is 2. The van der Waals surface area contributed by atoms with Crippen LogP contribution in [0.4, 0.5) is 5.69 Å². The Balaban J connectivity index is 1.53. The lowest BCUT2D eigenvalue weighted by molar-refractivity contribution is 0.101. The van der Waals surface area contributed by atoms with E-state index in [0.717, 1.165) is 27.9 Å². The van der Waals surface area contributed by atoms with Gasteiger partial charge in [0.1, 0.15) is 0 Å². The highest BCUT2D eigenvalue weighted by Crippen LogP contribution is 2.34. The molecule has 0 unspecified atom stereocenters. The lowest BCUT2D eigenvalue weighted by Gasteiger charge is -2.06. The third-order valence-corrected chi connectivity index (χ3v) is 4.02. The van der Waals surface area contributed by atoms with Crippen LogP contribution in [0, 0.1) is 0 Å². The number of rotatable bonds is 4. The van der Waals surface area contributed by atoms with Crippen LogP contribution in [0.2, 0.25) is 0 Å². The molecule has 0 saturated carbocycles. The van der Waals surface area contributed by atoms with E-state index in [1.165, 1.54) is 0 Å². The van der Waals surface area contributed by atoms with Crippen molar-refractivity contribution in [3.05, 3.63) is 54.2 Å². The Morgan fingerprint density at radius 2 is 2.00 bits per heavy atom. The largest absolute Gasteiger partial charge is 0.454 e. The molecule has 3 aromatic rings. The summed E-state index contributed by atoms with van der Waals surface area (Å²) >= 11 is 0. The molecule has 1 aliphatic rings. The number of carbonyl (C=O) groups excluding carboxylic acids is 1. The lowest BCUT2D eigenvalue weighted by Crippen LogP contribution is -2.13. The van der Waals surface area contributed by atoms with Crippen molar-refractivity contribution in [3.63, 3.8) is 0 Å². The van der Waals surface area contributed by atoms with Gasteiger partial charge in [-0.05, 0) is 18.2 Å². The number of hydrogen-bond donors (Lipinski definition) is 1. The number of ether oxygens (including phenoxy) is 2. The van der Waals surface area contributed by atoms with Crippen molar-refractivity contribution in [2.24, 2.45) is 7.05 Å². The Bertz CT molecular complexity index is 898. The van der Waals surface area contributed by atoms with Crippen LogP contribution in [0.1, 0.15) is 10.4 Å².